The smallest absolute Gasteiger partial charge is 0.135 e. The number of rotatable bonds is 2. The summed E-state index contributed by atoms with van der Waals surface area (Å²) in [5, 5.41) is 2.41. The van der Waals surface area contributed by atoms with E-state index in [1.807, 2.05) is 0 Å². The molecule has 1 heterocycles. The second kappa shape index (κ2) is 8.69. The topological polar surface area (TPSA) is 9.23 Å². The zero-order valence-electron chi connectivity index (χ0n) is 23.0. The first-order valence-electron chi connectivity index (χ1n) is 15.0. The number of hydrogen-bond donors (Lipinski definition) is 0. The van der Waals surface area contributed by atoms with Crippen molar-refractivity contribution in [3.05, 3.63) is 132 Å². The Morgan fingerprint density at radius 1 is 0.463 bits per heavy atom. The van der Waals surface area contributed by atoms with Crippen LogP contribution in [-0.2, 0) is 5.41 Å². The summed E-state index contributed by atoms with van der Waals surface area (Å²) in [4.78, 5) is 0. The van der Waals surface area contributed by atoms with Crippen LogP contribution in [0.25, 0.3) is 55.3 Å². The highest BCUT2D eigenvalue weighted by Crippen LogP contribution is 2.57. The maximum absolute atomic E-state index is 6.34. The van der Waals surface area contributed by atoms with E-state index in [-0.39, 0.29) is 5.41 Å². The molecule has 0 N–H and O–H groups in total. The fraction of sp³-hybridized carbons (Fsp3) is 0.150. The van der Waals surface area contributed by atoms with E-state index in [9.17, 15) is 0 Å². The molecule has 0 saturated heterocycles. The summed E-state index contributed by atoms with van der Waals surface area (Å²) in [6.07, 6.45) is 6.52. The molecular formula is C40H30O. The van der Waals surface area contributed by atoms with Gasteiger partial charge >= 0.3 is 0 Å². The molecule has 0 bridgehead atoms. The molecular weight excluding hydrogens is 496 g/mol. The van der Waals surface area contributed by atoms with Gasteiger partial charge in [0.15, 0.2) is 0 Å². The average molecular weight is 527 g/mol. The van der Waals surface area contributed by atoms with Gasteiger partial charge in [0.05, 0.1) is 0 Å². The predicted octanol–water partition coefficient (Wildman–Crippen LogP) is 11.2. The SMILES string of the molecule is c1ccc2c(c1)-c1c(-c3ccc(-c4ccc5c(c4)-c4cccc6cccc(c46)O5)cc3)cccc1C21CCCCC1. The highest BCUT2D eigenvalue weighted by Gasteiger charge is 2.44. The van der Waals surface area contributed by atoms with Crippen LogP contribution in [0.3, 0.4) is 0 Å². The lowest BCUT2D eigenvalue weighted by Gasteiger charge is -2.36. The van der Waals surface area contributed by atoms with Gasteiger partial charge in [-0.3, -0.25) is 0 Å². The molecule has 3 aliphatic rings. The molecule has 9 rings (SSSR count). The standard InChI is InChI=1S/C40H30O/c1-4-23-40(24-5-1)34-14-3-2-11-32(34)39-30(12-8-15-35(39)40)27-19-17-26(18-20-27)29-21-22-36-33(25-29)31-13-6-9-28-10-7-16-37(41-36)38(28)31/h2-3,6-22,25H,1,4-5,23-24H2. The van der Waals surface area contributed by atoms with Crippen molar-refractivity contribution in [3.8, 4) is 56.0 Å². The Morgan fingerprint density at radius 2 is 1.15 bits per heavy atom. The fourth-order valence-corrected chi connectivity index (χ4v) is 8.03. The Hall–Kier alpha value is -4.62. The first-order valence-corrected chi connectivity index (χ1v) is 15.0. The van der Waals surface area contributed by atoms with E-state index in [1.165, 1.54) is 81.8 Å². The Labute approximate surface area is 241 Å². The van der Waals surface area contributed by atoms with E-state index in [0.717, 1.165) is 17.1 Å². The summed E-state index contributed by atoms with van der Waals surface area (Å²) in [6, 6.07) is 44.8. The molecule has 6 aromatic rings. The lowest BCUT2D eigenvalue weighted by atomic mass is 9.68. The van der Waals surface area contributed by atoms with E-state index in [2.05, 4.69) is 121 Å². The van der Waals surface area contributed by atoms with Gasteiger partial charge < -0.3 is 4.74 Å². The van der Waals surface area contributed by atoms with Gasteiger partial charge in [-0.05, 0) is 86.5 Å². The van der Waals surface area contributed by atoms with Crippen molar-refractivity contribution in [3.63, 3.8) is 0 Å². The van der Waals surface area contributed by atoms with Crippen LogP contribution in [0.15, 0.2) is 121 Å². The van der Waals surface area contributed by atoms with Gasteiger partial charge in [0, 0.05) is 16.4 Å². The summed E-state index contributed by atoms with van der Waals surface area (Å²) in [5.74, 6) is 1.86. The van der Waals surface area contributed by atoms with Gasteiger partial charge in [-0.1, -0.05) is 122 Å². The second-order valence-electron chi connectivity index (χ2n) is 12.0. The van der Waals surface area contributed by atoms with Gasteiger partial charge in [-0.25, -0.2) is 0 Å². The molecule has 0 aromatic heterocycles. The summed E-state index contributed by atoms with van der Waals surface area (Å²) in [6.45, 7) is 0. The molecule has 196 valence electrons. The summed E-state index contributed by atoms with van der Waals surface area (Å²) in [5.41, 5.74) is 13.6. The number of ether oxygens (including phenoxy) is 1. The van der Waals surface area contributed by atoms with E-state index < -0.39 is 0 Å². The molecule has 41 heavy (non-hydrogen) atoms. The Bertz CT molecular complexity index is 1980. The fourth-order valence-electron chi connectivity index (χ4n) is 8.03. The van der Waals surface area contributed by atoms with Gasteiger partial charge in [-0.2, -0.15) is 0 Å². The molecule has 0 atom stereocenters. The third-order valence-corrected chi connectivity index (χ3v) is 9.88. The number of fused-ring (bicyclic) bond motifs is 7. The first-order chi connectivity index (χ1) is 20.3. The maximum atomic E-state index is 6.34. The van der Waals surface area contributed by atoms with Crippen LogP contribution >= 0.6 is 0 Å². The van der Waals surface area contributed by atoms with E-state index in [1.54, 1.807) is 11.1 Å². The first kappa shape index (κ1) is 23.1. The third kappa shape index (κ3) is 3.29. The molecule has 0 unspecified atom stereocenters. The van der Waals surface area contributed by atoms with Crippen LogP contribution < -0.4 is 4.74 Å². The van der Waals surface area contributed by atoms with Gasteiger partial charge in [0.25, 0.3) is 0 Å². The molecule has 1 saturated carbocycles. The van der Waals surface area contributed by atoms with Crippen molar-refractivity contribution >= 4 is 10.8 Å². The van der Waals surface area contributed by atoms with E-state index in [4.69, 9.17) is 4.74 Å². The Morgan fingerprint density at radius 3 is 2.02 bits per heavy atom. The monoisotopic (exact) mass is 526 g/mol. The summed E-state index contributed by atoms with van der Waals surface area (Å²) >= 11 is 0. The quantitative estimate of drug-likeness (QED) is 0.218. The van der Waals surface area contributed by atoms with Gasteiger partial charge in [-0.15, -0.1) is 0 Å². The summed E-state index contributed by atoms with van der Waals surface area (Å²) in [7, 11) is 0. The molecule has 1 aliphatic heterocycles. The van der Waals surface area contributed by atoms with E-state index in [0.29, 0.717) is 0 Å². The molecule has 1 fully saturated rings. The second-order valence-corrected chi connectivity index (χ2v) is 12.0. The van der Waals surface area contributed by atoms with Gasteiger partial charge in [0.1, 0.15) is 11.5 Å². The molecule has 0 amide bonds. The number of hydrogen-bond acceptors (Lipinski definition) is 1. The number of benzene rings is 6. The van der Waals surface area contributed by atoms with Crippen LogP contribution in [0.2, 0.25) is 0 Å². The largest absolute Gasteiger partial charge is 0.456 e. The van der Waals surface area contributed by atoms with Crippen molar-refractivity contribution in [1.29, 1.82) is 0 Å². The molecule has 6 aromatic carbocycles. The maximum Gasteiger partial charge on any atom is 0.135 e. The molecule has 2 aliphatic carbocycles. The van der Waals surface area contributed by atoms with Crippen LogP contribution in [-0.4, -0.2) is 0 Å². The van der Waals surface area contributed by atoms with Crippen molar-refractivity contribution in [2.75, 3.05) is 0 Å². The molecule has 0 radical (unpaired) electrons. The van der Waals surface area contributed by atoms with Crippen molar-refractivity contribution in [2.45, 2.75) is 37.5 Å². The zero-order chi connectivity index (χ0) is 27.0. The van der Waals surface area contributed by atoms with Crippen LogP contribution in [0.5, 0.6) is 11.5 Å². The normalized spacial score (nSPS) is 15.7. The molecule has 1 nitrogen and oxygen atoms in total. The van der Waals surface area contributed by atoms with Crippen LogP contribution in [0, 0.1) is 0 Å². The lowest BCUT2D eigenvalue weighted by molar-refractivity contribution is 0.353. The van der Waals surface area contributed by atoms with Gasteiger partial charge in [0.2, 0.25) is 0 Å². The highest BCUT2D eigenvalue weighted by atomic mass is 16.5. The average Bonchev–Trinajstić information content (AvgIpc) is 3.31. The Balaban J connectivity index is 1.13. The van der Waals surface area contributed by atoms with Crippen molar-refractivity contribution in [1.82, 2.24) is 0 Å². The zero-order valence-corrected chi connectivity index (χ0v) is 23.0. The summed E-state index contributed by atoms with van der Waals surface area (Å²) < 4.78 is 6.34. The minimum Gasteiger partial charge on any atom is -0.456 e. The van der Waals surface area contributed by atoms with E-state index >= 15 is 0 Å². The molecule has 1 heteroatoms. The van der Waals surface area contributed by atoms with Crippen LogP contribution in [0.4, 0.5) is 0 Å². The molecule has 1 spiro atoms. The highest BCUT2D eigenvalue weighted by molar-refractivity contribution is 6.04. The minimum absolute atomic E-state index is 0.187. The minimum atomic E-state index is 0.187. The van der Waals surface area contributed by atoms with Crippen molar-refractivity contribution < 1.29 is 4.74 Å². The van der Waals surface area contributed by atoms with Crippen LogP contribution in [0.1, 0.15) is 43.2 Å². The Kier molecular flexibility index (Phi) is 4.90. The lowest BCUT2D eigenvalue weighted by Crippen LogP contribution is -2.27. The van der Waals surface area contributed by atoms with Crippen molar-refractivity contribution in [2.24, 2.45) is 0 Å². The third-order valence-electron chi connectivity index (χ3n) is 9.88. The predicted molar refractivity (Wildman–Crippen MR) is 170 cm³/mol.